The van der Waals surface area contributed by atoms with E-state index in [2.05, 4.69) is 10.1 Å². The maximum atomic E-state index is 13.0. The van der Waals surface area contributed by atoms with Gasteiger partial charge in [0, 0.05) is 6.04 Å². The van der Waals surface area contributed by atoms with E-state index in [4.69, 9.17) is 0 Å². The van der Waals surface area contributed by atoms with Gasteiger partial charge in [-0.05, 0) is 32.4 Å². The Kier molecular flexibility index (Phi) is 3.89. The number of esters is 1. The molecule has 0 aromatic carbocycles. The van der Waals surface area contributed by atoms with Gasteiger partial charge in [0.1, 0.15) is 0 Å². The fraction of sp³-hybridized carbons (Fsp3) is 0.667. The lowest BCUT2D eigenvalue weighted by molar-refractivity contribution is -0.140. The minimum Gasteiger partial charge on any atom is -0.461 e. The number of ether oxygens (including phenoxy) is 1. The monoisotopic (exact) mass is 187 g/mol. The van der Waals surface area contributed by atoms with E-state index < -0.39 is 11.8 Å². The molecule has 1 saturated heterocycles. The lowest BCUT2D eigenvalue weighted by atomic mass is 10.2. The summed E-state index contributed by atoms with van der Waals surface area (Å²) in [5.41, 5.74) is 0. The zero-order chi connectivity index (χ0) is 9.68. The highest BCUT2D eigenvalue weighted by molar-refractivity contribution is 5.86. The lowest BCUT2D eigenvalue weighted by Gasteiger charge is -2.03. The van der Waals surface area contributed by atoms with Gasteiger partial charge in [-0.15, -0.1) is 0 Å². The van der Waals surface area contributed by atoms with Crippen molar-refractivity contribution in [3.05, 3.63) is 11.9 Å². The maximum absolute atomic E-state index is 13.0. The Morgan fingerprint density at radius 1 is 1.77 bits per heavy atom. The Labute approximate surface area is 77.0 Å². The van der Waals surface area contributed by atoms with E-state index in [1.165, 1.54) is 6.08 Å². The van der Waals surface area contributed by atoms with Crippen LogP contribution < -0.4 is 5.32 Å². The molecule has 0 aromatic heterocycles. The molecule has 0 amide bonds. The Bertz CT molecular complexity index is 210. The lowest BCUT2D eigenvalue weighted by Crippen LogP contribution is -2.20. The second kappa shape index (κ2) is 4.97. The van der Waals surface area contributed by atoms with Gasteiger partial charge in [-0.1, -0.05) is 0 Å². The van der Waals surface area contributed by atoms with Crippen LogP contribution in [0.1, 0.15) is 19.8 Å². The molecule has 0 saturated carbocycles. The molecule has 1 heterocycles. The third-order valence-corrected chi connectivity index (χ3v) is 1.92. The fourth-order valence-electron chi connectivity index (χ4n) is 1.30. The van der Waals surface area contributed by atoms with Gasteiger partial charge >= 0.3 is 5.97 Å². The number of halogens is 1. The molecule has 74 valence electrons. The van der Waals surface area contributed by atoms with Gasteiger partial charge < -0.3 is 10.1 Å². The number of carbonyl (C=O) groups is 1. The number of carbonyl (C=O) groups excluding carboxylic acids is 1. The van der Waals surface area contributed by atoms with E-state index in [0.717, 1.165) is 19.4 Å². The summed E-state index contributed by atoms with van der Waals surface area (Å²) in [7, 11) is 0. The number of rotatable bonds is 3. The summed E-state index contributed by atoms with van der Waals surface area (Å²) in [5, 5.41) is 3.06. The summed E-state index contributed by atoms with van der Waals surface area (Å²) < 4.78 is 17.5. The Balaban J connectivity index is 2.44. The van der Waals surface area contributed by atoms with Crippen molar-refractivity contribution in [1.82, 2.24) is 5.32 Å². The van der Waals surface area contributed by atoms with E-state index in [9.17, 15) is 9.18 Å². The summed E-state index contributed by atoms with van der Waals surface area (Å²) in [4.78, 5) is 10.8. The molecule has 3 nitrogen and oxygen atoms in total. The highest BCUT2D eigenvalue weighted by Gasteiger charge is 2.16. The van der Waals surface area contributed by atoms with Crippen molar-refractivity contribution >= 4 is 5.97 Å². The highest BCUT2D eigenvalue weighted by atomic mass is 19.1. The number of hydrogen-bond acceptors (Lipinski definition) is 3. The third-order valence-electron chi connectivity index (χ3n) is 1.92. The average Bonchev–Trinajstić information content (AvgIpc) is 2.57. The molecular formula is C9H14FNO2. The van der Waals surface area contributed by atoms with Crippen LogP contribution in [0.4, 0.5) is 4.39 Å². The van der Waals surface area contributed by atoms with Gasteiger partial charge in [0.15, 0.2) is 0 Å². The molecule has 4 heteroatoms. The Morgan fingerprint density at radius 2 is 2.54 bits per heavy atom. The first-order chi connectivity index (χ1) is 6.24. The summed E-state index contributed by atoms with van der Waals surface area (Å²) >= 11 is 0. The molecule has 1 rings (SSSR count). The van der Waals surface area contributed by atoms with Crippen LogP contribution in [0.3, 0.4) is 0 Å². The van der Waals surface area contributed by atoms with Crippen LogP contribution in [-0.2, 0) is 9.53 Å². The number of nitrogens with one attached hydrogen (secondary N) is 1. The minimum atomic E-state index is -0.865. The quantitative estimate of drug-likeness (QED) is 0.532. The van der Waals surface area contributed by atoms with Crippen LogP contribution >= 0.6 is 0 Å². The molecule has 0 radical (unpaired) electrons. The van der Waals surface area contributed by atoms with Gasteiger partial charge in [-0.2, -0.15) is 4.39 Å². The fourth-order valence-corrected chi connectivity index (χ4v) is 1.30. The van der Waals surface area contributed by atoms with Crippen molar-refractivity contribution < 1.29 is 13.9 Å². The van der Waals surface area contributed by atoms with Gasteiger partial charge in [-0.3, -0.25) is 0 Å². The molecule has 1 aliphatic rings. The Morgan fingerprint density at radius 3 is 3.08 bits per heavy atom. The van der Waals surface area contributed by atoms with E-state index in [1.54, 1.807) is 6.92 Å². The van der Waals surface area contributed by atoms with Crippen molar-refractivity contribution in [3.63, 3.8) is 0 Å². The van der Waals surface area contributed by atoms with E-state index in [-0.39, 0.29) is 12.6 Å². The molecule has 0 unspecified atom stereocenters. The van der Waals surface area contributed by atoms with Crippen LogP contribution in [0.2, 0.25) is 0 Å². The van der Waals surface area contributed by atoms with Crippen LogP contribution in [0.15, 0.2) is 11.9 Å². The molecule has 1 aliphatic heterocycles. The predicted molar refractivity (Wildman–Crippen MR) is 46.8 cm³/mol. The molecule has 0 bridgehead atoms. The van der Waals surface area contributed by atoms with Gasteiger partial charge in [0.05, 0.1) is 6.61 Å². The molecular weight excluding hydrogens is 173 g/mol. The summed E-state index contributed by atoms with van der Waals surface area (Å²) in [6.45, 7) is 2.74. The van der Waals surface area contributed by atoms with Crippen molar-refractivity contribution in [3.8, 4) is 0 Å². The van der Waals surface area contributed by atoms with Crippen LogP contribution in [0.25, 0.3) is 0 Å². The molecule has 1 atom stereocenters. The van der Waals surface area contributed by atoms with Crippen molar-refractivity contribution in [1.29, 1.82) is 0 Å². The highest BCUT2D eigenvalue weighted by Crippen LogP contribution is 2.10. The molecule has 1 N–H and O–H groups in total. The van der Waals surface area contributed by atoms with Crippen molar-refractivity contribution in [2.45, 2.75) is 25.8 Å². The third kappa shape index (κ3) is 3.14. The van der Waals surface area contributed by atoms with E-state index in [0.29, 0.717) is 0 Å². The second-order valence-electron chi connectivity index (χ2n) is 2.94. The summed E-state index contributed by atoms with van der Waals surface area (Å²) in [6.07, 6.45) is 3.20. The minimum absolute atomic E-state index is 0.00981. The maximum Gasteiger partial charge on any atom is 0.366 e. The standard InChI is InChI=1S/C9H14FNO2/c1-2-13-9(12)8(10)6-7-4-3-5-11-7/h6-7,11H,2-5H2,1H3/b8-6+/t7-/m0/s1. The van der Waals surface area contributed by atoms with Gasteiger partial charge in [-0.25, -0.2) is 4.79 Å². The smallest absolute Gasteiger partial charge is 0.366 e. The summed E-state index contributed by atoms with van der Waals surface area (Å²) in [6, 6.07) is -0.00981. The Hall–Kier alpha value is -0.900. The first kappa shape index (κ1) is 10.2. The zero-order valence-electron chi connectivity index (χ0n) is 7.68. The summed E-state index contributed by atoms with van der Waals surface area (Å²) in [5.74, 6) is -1.66. The van der Waals surface area contributed by atoms with Crippen LogP contribution in [0.5, 0.6) is 0 Å². The van der Waals surface area contributed by atoms with E-state index in [1.807, 2.05) is 0 Å². The average molecular weight is 187 g/mol. The first-order valence-electron chi connectivity index (χ1n) is 4.52. The predicted octanol–water partition coefficient (Wildman–Crippen LogP) is 1.15. The largest absolute Gasteiger partial charge is 0.461 e. The molecule has 13 heavy (non-hydrogen) atoms. The molecule has 1 fully saturated rings. The zero-order valence-corrected chi connectivity index (χ0v) is 7.68. The van der Waals surface area contributed by atoms with Crippen molar-refractivity contribution in [2.75, 3.05) is 13.2 Å². The van der Waals surface area contributed by atoms with E-state index >= 15 is 0 Å². The van der Waals surface area contributed by atoms with Gasteiger partial charge in [0.2, 0.25) is 5.83 Å². The van der Waals surface area contributed by atoms with Gasteiger partial charge in [0.25, 0.3) is 0 Å². The normalized spacial score (nSPS) is 23.2. The molecule has 0 aromatic rings. The number of hydrogen-bond donors (Lipinski definition) is 1. The van der Waals surface area contributed by atoms with Crippen molar-refractivity contribution in [2.24, 2.45) is 0 Å². The SMILES string of the molecule is CCOC(=O)/C(F)=C\[C@@H]1CCCN1. The topological polar surface area (TPSA) is 38.3 Å². The first-order valence-corrected chi connectivity index (χ1v) is 4.52. The second-order valence-corrected chi connectivity index (χ2v) is 2.94. The van der Waals surface area contributed by atoms with Crippen LogP contribution in [0, 0.1) is 0 Å². The molecule has 0 aliphatic carbocycles. The van der Waals surface area contributed by atoms with Crippen LogP contribution in [-0.4, -0.2) is 25.2 Å². The molecule has 0 spiro atoms.